The third kappa shape index (κ3) is 3.41. The molecular weight excluding hydrogens is 308 g/mol. The van der Waals surface area contributed by atoms with Gasteiger partial charge in [0.15, 0.2) is 0 Å². The first kappa shape index (κ1) is 18.3. The van der Waals surface area contributed by atoms with Crippen LogP contribution in [-0.2, 0) is 16.6 Å². The number of hydrogen-bond acceptors (Lipinski definition) is 2. The Bertz CT molecular complexity index is 560. The third-order valence-electron chi connectivity index (χ3n) is 5.70. The van der Waals surface area contributed by atoms with Crippen LogP contribution < -0.4 is 5.73 Å². The normalized spacial score (nSPS) is 28.5. The minimum atomic E-state index is -0.353. The number of nitrogens with zero attached hydrogens (tertiary/aromatic N) is 1. The van der Waals surface area contributed by atoms with Crippen molar-refractivity contribution < 1.29 is 4.79 Å². The van der Waals surface area contributed by atoms with Gasteiger partial charge in [-0.05, 0) is 63.0 Å². The third-order valence-corrected chi connectivity index (χ3v) is 5.70. The van der Waals surface area contributed by atoms with Gasteiger partial charge in [-0.1, -0.05) is 24.3 Å². The summed E-state index contributed by atoms with van der Waals surface area (Å²) in [6, 6.07) is 8.65. The van der Waals surface area contributed by atoms with E-state index in [1.54, 1.807) is 0 Å². The van der Waals surface area contributed by atoms with E-state index >= 15 is 0 Å². The molecule has 1 heterocycles. The first-order chi connectivity index (χ1) is 10.5. The van der Waals surface area contributed by atoms with E-state index in [4.69, 9.17) is 5.73 Å². The average molecular weight is 337 g/mol. The van der Waals surface area contributed by atoms with Crippen LogP contribution in [0.1, 0.15) is 50.7 Å². The van der Waals surface area contributed by atoms with E-state index in [0.717, 1.165) is 45.2 Å². The quantitative estimate of drug-likeness (QED) is 0.900. The molecule has 4 heteroatoms. The van der Waals surface area contributed by atoms with Gasteiger partial charge in [0.1, 0.15) is 0 Å². The lowest BCUT2D eigenvalue weighted by Gasteiger charge is -2.42. The van der Waals surface area contributed by atoms with E-state index in [-0.39, 0.29) is 23.9 Å². The summed E-state index contributed by atoms with van der Waals surface area (Å²) in [6.07, 6.45) is 5.39. The van der Waals surface area contributed by atoms with Crippen molar-refractivity contribution in [3.8, 4) is 0 Å². The van der Waals surface area contributed by atoms with E-state index in [2.05, 4.69) is 43.0 Å². The zero-order valence-corrected chi connectivity index (χ0v) is 15.1. The van der Waals surface area contributed by atoms with Gasteiger partial charge in [0.05, 0.1) is 5.41 Å². The van der Waals surface area contributed by atoms with Crippen LogP contribution >= 0.6 is 12.4 Å². The Morgan fingerprint density at radius 3 is 2.83 bits per heavy atom. The van der Waals surface area contributed by atoms with Gasteiger partial charge in [-0.2, -0.15) is 0 Å². The molecule has 3 nitrogen and oxygen atoms in total. The fourth-order valence-corrected chi connectivity index (χ4v) is 4.24. The highest BCUT2D eigenvalue weighted by atomic mass is 35.5. The number of benzene rings is 1. The Morgan fingerprint density at radius 1 is 1.35 bits per heavy atom. The molecule has 3 rings (SSSR count). The maximum atomic E-state index is 13.3. The van der Waals surface area contributed by atoms with Crippen molar-refractivity contribution in [1.82, 2.24) is 4.90 Å². The molecule has 23 heavy (non-hydrogen) atoms. The lowest BCUT2D eigenvalue weighted by Crippen LogP contribution is -2.52. The zero-order valence-electron chi connectivity index (χ0n) is 14.3. The number of nitrogens with two attached hydrogens (primary N) is 1. The molecule has 0 aromatic heterocycles. The van der Waals surface area contributed by atoms with E-state index in [1.807, 2.05) is 0 Å². The summed E-state index contributed by atoms with van der Waals surface area (Å²) in [5.41, 5.74) is 8.32. The van der Waals surface area contributed by atoms with Crippen molar-refractivity contribution in [3.63, 3.8) is 0 Å². The lowest BCUT2D eigenvalue weighted by molar-refractivity contribution is -0.139. The second-order valence-corrected chi connectivity index (χ2v) is 7.36. The SMILES string of the molecule is CC(N)C1CCCN(C(=O)C2(C)CCCc3ccccc32)C1.Cl. The van der Waals surface area contributed by atoms with E-state index in [1.165, 1.54) is 11.1 Å². The van der Waals surface area contributed by atoms with Crippen LogP contribution in [0.5, 0.6) is 0 Å². The fraction of sp³-hybridized carbons (Fsp3) is 0.632. The smallest absolute Gasteiger partial charge is 0.232 e. The number of carbonyl (C=O) groups is 1. The topological polar surface area (TPSA) is 46.3 Å². The van der Waals surface area contributed by atoms with Crippen molar-refractivity contribution in [2.75, 3.05) is 13.1 Å². The minimum absolute atomic E-state index is 0. The van der Waals surface area contributed by atoms with E-state index in [9.17, 15) is 4.79 Å². The van der Waals surface area contributed by atoms with Gasteiger partial charge in [-0.3, -0.25) is 4.79 Å². The number of rotatable bonds is 2. The number of piperidine rings is 1. The van der Waals surface area contributed by atoms with Crippen LogP contribution in [0, 0.1) is 5.92 Å². The van der Waals surface area contributed by atoms with Gasteiger partial charge in [-0.15, -0.1) is 12.4 Å². The van der Waals surface area contributed by atoms with Gasteiger partial charge in [0.2, 0.25) is 5.91 Å². The number of likely N-dealkylation sites (tertiary alicyclic amines) is 1. The number of aryl methyl sites for hydroxylation is 1. The Morgan fingerprint density at radius 2 is 2.09 bits per heavy atom. The molecule has 1 amide bonds. The van der Waals surface area contributed by atoms with Gasteiger partial charge >= 0.3 is 0 Å². The van der Waals surface area contributed by atoms with Crippen molar-refractivity contribution in [3.05, 3.63) is 35.4 Å². The first-order valence-corrected chi connectivity index (χ1v) is 8.66. The van der Waals surface area contributed by atoms with Crippen LogP contribution in [0.25, 0.3) is 0 Å². The highest BCUT2D eigenvalue weighted by Gasteiger charge is 2.42. The molecule has 0 radical (unpaired) electrons. The highest BCUT2D eigenvalue weighted by molar-refractivity contribution is 5.88. The summed E-state index contributed by atoms with van der Waals surface area (Å²) in [6.45, 7) is 5.92. The number of halogens is 1. The predicted octanol–water partition coefficient (Wildman–Crippen LogP) is 3.29. The molecular formula is C19H29ClN2O. The van der Waals surface area contributed by atoms with Gasteiger partial charge in [0.25, 0.3) is 0 Å². The summed E-state index contributed by atoms with van der Waals surface area (Å²) in [7, 11) is 0. The van der Waals surface area contributed by atoms with Crippen molar-refractivity contribution in [1.29, 1.82) is 0 Å². The molecule has 0 bridgehead atoms. The number of fused-ring (bicyclic) bond motifs is 1. The van der Waals surface area contributed by atoms with E-state index < -0.39 is 0 Å². The number of amides is 1. The van der Waals surface area contributed by atoms with Crippen molar-refractivity contribution >= 4 is 18.3 Å². The summed E-state index contributed by atoms with van der Waals surface area (Å²) < 4.78 is 0. The van der Waals surface area contributed by atoms with Gasteiger partial charge in [0, 0.05) is 19.1 Å². The second kappa shape index (κ2) is 7.23. The van der Waals surface area contributed by atoms with Crippen LogP contribution in [0.15, 0.2) is 24.3 Å². The predicted molar refractivity (Wildman–Crippen MR) is 96.9 cm³/mol. The number of carbonyl (C=O) groups excluding carboxylic acids is 1. The van der Waals surface area contributed by atoms with Crippen LogP contribution in [0.2, 0.25) is 0 Å². The average Bonchev–Trinajstić information content (AvgIpc) is 2.54. The number of hydrogen-bond donors (Lipinski definition) is 1. The molecule has 0 spiro atoms. The molecule has 1 aromatic carbocycles. The molecule has 2 aliphatic rings. The molecule has 1 fully saturated rings. The largest absolute Gasteiger partial charge is 0.342 e. The molecule has 128 valence electrons. The fourth-order valence-electron chi connectivity index (χ4n) is 4.24. The molecule has 1 aliphatic heterocycles. The molecule has 2 N–H and O–H groups in total. The Kier molecular flexibility index (Phi) is 5.74. The Hall–Kier alpha value is -1.06. The molecule has 1 aromatic rings. The van der Waals surface area contributed by atoms with Crippen molar-refractivity contribution in [2.45, 2.75) is 57.4 Å². The zero-order chi connectivity index (χ0) is 15.7. The maximum Gasteiger partial charge on any atom is 0.232 e. The molecule has 1 aliphatic carbocycles. The summed E-state index contributed by atoms with van der Waals surface area (Å²) in [5.74, 6) is 0.755. The summed E-state index contributed by atoms with van der Waals surface area (Å²) >= 11 is 0. The van der Waals surface area contributed by atoms with E-state index in [0.29, 0.717) is 11.8 Å². The molecule has 3 atom stereocenters. The lowest BCUT2D eigenvalue weighted by atomic mass is 9.70. The van der Waals surface area contributed by atoms with Gasteiger partial charge < -0.3 is 10.6 Å². The van der Waals surface area contributed by atoms with Crippen LogP contribution in [0.4, 0.5) is 0 Å². The van der Waals surface area contributed by atoms with Crippen LogP contribution in [-0.4, -0.2) is 29.9 Å². The van der Waals surface area contributed by atoms with Gasteiger partial charge in [-0.25, -0.2) is 0 Å². The van der Waals surface area contributed by atoms with Crippen LogP contribution in [0.3, 0.4) is 0 Å². The molecule has 3 unspecified atom stereocenters. The molecule has 1 saturated heterocycles. The summed E-state index contributed by atoms with van der Waals surface area (Å²) in [5, 5.41) is 0. The first-order valence-electron chi connectivity index (χ1n) is 8.66. The second-order valence-electron chi connectivity index (χ2n) is 7.36. The Labute approximate surface area is 146 Å². The Balaban J connectivity index is 0.00000192. The monoisotopic (exact) mass is 336 g/mol. The standard InChI is InChI=1S/C19H28N2O.ClH/c1-14(20)16-9-6-12-21(13-16)18(22)19(2)11-5-8-15-7-3-4-10-17(15)19;/h3-4,7,10,14,16H,5-6,8-9,11-13,20H2,1-2H3;1H. The summed E-state index contributed by atoms with van der Waals surface area (Å²) in [4.78, 5) is 15.4. The minimum Gasteiger partial charge on any atom is -0.342 e. The van der Waals surface area contributed by atoms with Crippen molar-refractivity contribution in [2.24, 2.45) is 11.7 Å². The molecule has 0 saturated carbocycles. The maximum absolute atomic E-state index is 13.3. The highest BCUT2D eigenvalue weighted by Crippen LogP contribution is 2.39.